The number of aromatic nitrogens is 1. The molecule has 59 valence electrons. The van der Waals surface area contributed by atoms with Crippen LogP contribution in [-0.4, -0.2) is 4.98 Å². The van der Waals surface area contributed by atoms with Crippen LogP contribution in [0.3, 0.4) is 0 Å². The van der Waals surface area contributed by atoms with Gasteiger partial charge in [0.15, 0.2) is 0 Å². The Morgan fingerprint density at radius 1 is 1.25 bits per heavy atom. The van der Waals surface area contributed by atoms with Crippen molar-refractivity contribution in [3.63, 3.8) is 0 Å². The van der Waals surface area contributed by atoms with Crippen molar-refractivity contribution in [3.05, 3.63) is 42.3 Å². The van der Waals surface area contributed by atoms with E-state index >= 15 is 0 Å². The largest absolute Gasteiger partial charge is 0.441 e. The number of hydrogen-bond acceptors (Lipinski definition) is 2. The maximum atomic E-state index is 5.30. The zero-order valence-corrected chi connectivity index (χ0v) is 6.74. The Labute approximate surface area is 70.9 Å². The molecule has 1 aromatic carbocycles. The second-order valence-corrected chi connectivity index (χ2v) is 2.55. The van der Waals surface area contributed by atoms with Gasteiger partial charge in [0.25, 0.3) is 0 Å². The molecule has 0 amide bonds. The molecule has 1 aromatic heterocycles. The zero-order chi connectivity index (χ0) is 8.39. The first-order valence-electron chi connectivity index (χ1n) is 3.77. The Bertz CT molecular complexity index is 364. The Hall–Kier alpha value is -1.57. The van der Waals surface area contributed by atoms with E-state index in [2.05, 4.69) is 11.2 Å². The lowest BCUT2D eigenvalue weighted by molar-refractivity contribution is 0.542. The van der Waals surface area contributed by atoms with Crippen LogP contribution in [-0.2, 0) is 0 Å². The summed E-state index contributed by atoms with van der Waals surface area (Å²) < 4.78 is 5.30. The molecule has 2 heteroatoms. The average molecular weight is 158 g/mol. The third-order valence-corrected chi connectivity index (χ3v) is 1.59. The molecule has 0 atom stereocenters. The molecule has 0 aliphatic rings. The molecule has 1 radical (unpaired) electrons. The fourth-order valence-electron chi connectivity index (χ4n) is 1.02. The van der Waals surface area contributed by atoms with Crippen molar-refractivity contribution in [2.75, 3.05) is 0 Å². The van der Waals surface area contributed by atoms with Gasteiger partial charge in [0.05, 0.1) is 0 Å². The molecule has 0 aliphatic heterocycles. The number of aryl methyl sites for hydroxylation is 1. The van der Waals surface area contributed by atoms with Gasteiger partial charge in [-0.25, -0.2) is 4.98 Å². The molecular weight excluding hydrogens is 150 g/mol. The van der Waals surface area contributed by atoms with Crippen molar-refractivity contribution in [1.29, 1.82) is 0 Å². The highest BCUT2D eigenvalue weighted by molar-refractivity contribution is 5.52. The summed E-state index contributed by atoms with van der Waals surface area (Å²) in [5.74, 6) is 1.35. The van der Waals surface area contributed by atoms with E-state index in [0.29, 0.717) is 11.7 Å². The van der Waals surface area contributed by atoms with Gasteiger partial charge >= 0.3 is 0 Å². The number of nitrogens with zero attached hydrogens (tertiary/aromatic N) is 1. The zero-order valence-electron chi connectivity index (χ0n) is 6.74. The van der Waals surface area contributed by atoms with E-state index in [-0.39, 0.29) is 0 Å². The van der Waals surface area contributed by atoms with Gasteiger partial charge in [-0.2, -0.15) is 0 Å². The molecule has 0 saturated heterocycles. The van der Waals surface area contributed by atoms with Crippen LogP contribution in [0.2, 0.25) is 0 Å². The first-order chi connectivity index (χ1) is 5.86. The predicted octanol–water partition coefficient (Wildman–Crippen LogP) is 2.45. The summed E-state index contributed by atoms with van der Waals surface area (Å²) in [6, 6.07) is 9.78. The minimum atomic E-state index is 0.633. The molecule has 0 fully saturated rings. The van der Waals surface area contributed by atoms with Crippen molar-refractivity contribution < 1.29 is 4.42 Å². The van der Waals surface area contributed by atoms with Crippen molar-refractivity contribution in [3.8, 4) is 11.5 Å². The molecule has 0 aliphatic carbocycles. The number of rotatable bonds is 1. The molecule has 2 aromatic rings. The lowest BCUT2D eigenvalue weighted by Gasteiger charge is -1.91. The van der Waals surface area contributed by atoms with E-state index in [4.69, 9.17) is 4.42 Å². The summed E-state index contributed by atoms with van der Waals surface area (Å²) in [5.41, 5.74) is 0.988. The van der Waals surface area contributed by atoms with Crippen LogP contribution >= 0.6 is 0 Å². The fraction of sp³-hybridized carbons (Fsp3) is 0.100. The van der Waals surface area contributed by atoms with Crippen LogP contribution in [0, 0.1) is 13.1 Å². The molecule has 1 heterocycles. The maximum absolute atomic E-state index is 5.30. The van der Waals surface area contributed by atoms with Crippen LogP contribution in [0.25, 0.3) is 11.5 Å². The number of benzene rings is 1. The lowest BCUT2D eigenvalue weighted by Crippen LogP contribution is -1.73. The van der Waals surface area contributed by atoms with Crippen LogP contribution < -0.4 is 0 Å². The third-order valence-electron chi connectivity index (χ3n) is 1.59. The second-order valence-electron chi connectivity index (χ2n) is 2.55. The predicted molar refractivity (Wildman–Crippen MR) is 45.5 cm³/mol. The normalized spacial score (nSPS) is 10.1. The summed E-state index contributed by atoms with van der Waals surface area (Å²) >= 11 is 0. The Balaban J connectivity index is 2.45. The van der Waals surface area contributed by atoms with E-state index in [0.717, 1.165) is 5.56 Å². The van der Waals surface area contributed by atoms with Crippen molar-refractivity contribution in [2.45, 2.75) is 6.92 Å². The van der Waals surface area contributed by atoms with E-state index in [1.54, 1.807) is 0 Å². The Morgan fingerprint density at radius 3 is 2.58 bits per heavy atom. The summed E-state index contributed by atoms with van der Waals surface area (Å²) in [4.78, 5) is 3.99. The quantitative estimate of drug-likeness (QED) is 0.637. The summed E-state index contributed by atoms with van der Waals surface area (Å²) in [6.07, 6.45) is 2.75. The molecule has 0 bridgehead atoms. The number of oxazole rings is 1. The Morgan fingerprint density at radius 2 is 2.00 bits per heavy atom. The minimum absolute atomic E-state index is 0.633. The topological polar surface area (TPSA) is 26.0 Å². The lowest BCUT2D eigenvalue weighted by atomic mass is 10.2. The van der Waals surface area contributed by atoms with Gasteiger partial charge in [-0.1, -0.05) is 18.2 Å². The minimum Gasteiger partial charge on any atom is -0.441 e. The molecular formula is C10H8NO. The summed E-state index contributed by atoms with van der Waals surface area (Å²) in [5, 5.41) is 0. The van der Waals surface area contributed by atoms with Crippen LogP contribution in [0.15, 0.2) is 34.7 Å². The van der Waals surface area contributed by atoms with Crippen LogP contribution in [0.5, 0.6) is 0 Å². The van der Waals surface area contributed by atoms with E-state index in [1.165, 1.54) is 0 Å². The van der Waals surface area contributed by atoms with Crippen LogP contribution in [0.1, 0.15) is 5.76 Å². The van der Waals surface area contributed by atoms with Gasteiger partial charge < -0.3 is 4.42 Å². The van der Waals surface area contributed by atoms with E-state index in [1.807, 2.05) is 37.3 Å². The first-order valence-corrected chi connectivity index (χ1v) is 3.77. The Kier molecular flexibility index (Phi) is 1.67. The van der Waals surface area contributed by atoms with Crippen molar-refractivity contribution in [1.82, 2.24) is 4.98 Å². The highest BCUT2D eigenvalue weighted by Crippen LogP contribution is 2.17. The summed E-state index contributed by atoms with van der Waals surface area (Å²) in [6.45, 7) is 1.83. The van der Waals surface area contributed by atoms with Gasteiger partial charge in [0, 0.05) is 5.56 Å². The molecule has 0 saturated carbocycles. The second kappa shape index (κ2) is 2.81. The van der Waals surface area contributed by atoms with Crippen molar-refractivity contribution in [2.24, 2.45) is 0 Å². The highest BCUT2D eigenvalue weighted by atomic mass is 16.4. The average Bonchev–Trinajstić information content (AvgIpc) is 2.54. The summed E-state index contributed by atoms with van der Waals surface area (Å²) in [7, 11) is 0. The van der Waals surface area contributed by atoms with Gasteiger partial charge in [0.1, 0.15) is 12.0 Å². The smallest absolute Gasteiger partial charge is 0.226 e. The monoisotopic (exact) mass is 158 g/mol. The SMILES string of the molecule is Cc1[c]nc(-c2ccccc2)o1. The van der Waals surface area contributed by atoms with Gasteiger partial charge in [-0.05, 0) is 19.1 Å². The molecule has 12 heavy (non-hydrogen) atoms. The third kappa shape index (κ3) is 1.23. The standard InChI is InChI=1S/C10H8NO/c1-8-7-11-10(12-8)9-5-3-2-4-6-9/h2-6H,1H3. The molecule has 0 N–H and O–H groups in total. The molecule has 0 unspecified atom stereocenters. The van der Waals surface area contributed by atoms with Crippen molar-refractivity contribution >= 4 is 0 Å². The molecule has 2 nitrogen and oxygen atoms in total. The van der Waals surface area contributed by atoms with Gasteiger partial charge in [-0.15, -0.1) is 0 Å². The first kappa shape index (κ1) is 7.10. The highest BCUT2D eigenvalue weighted by Gasteiger charge is 2.01. The maximum Gasteiger partial charge on any atom is 0.226 e. The molecule has 2 rings (SSSR count). The van der Waals surface area contributed by atoms with E-state index < -0.39 is 0 Å². The number of hydrogen-bond donors (Lipinski definition) is 0. The van der Waals surface area contributed by atoms with Crippen LogP contribution in [0.4, 0.5) is 0 Å². The van der Waals surface area contributed by atoms with E-state index in [9.17, 15) is 0 Å². The van der Waals surface area contributed by atoms with Gasteiger partial charge in [0.2, 0.25) is 5.89 Å². The molecule has 0 spiro atoms. The fourth-order valence-corrected chi connectivity index (χ4v) is 1.02. The van der Waals surface area contributed by atoms with Gasteiger partial charge in [-0.3, -0.25) is 0 Å².